The van der Waals surface area contributed by atoms with E-state index in [0.717, 1.165) is 15.4 Å². The molecule has 19 heavy (non-hydrogen) atoms. The lowest BCUT2D eigenvalue weighted by atomic mass is 9.98. The van der Waals surface area contributed by atoms with Crippen LogP contribution in [0.1, 0.15) is 22.7 Å². The van der Waals surface area contributed by atoms with E-state index in [1.165, 1.54) is 16.7 Å². The maximum absolute atomic E-state index is 3.55. The minimum Gasteiger partial charge on any atom is -0.313 e. The average molecular weight is 383 g/mol. The summed E-state index contributed by atoms with van der Waals surface area (Å²) in [6.07, 6.45) is 0.986. The molecule has 1 N–H and O–H groups in total. The first-order valence-electron chi connectivity index (χ1n) is 6.27. The Morgan fingerprint density at radius 2 is 1.58 bits per heavy atom. The van der Waals surface area contributed by atoms with E-state index in [1.54, 1.807) is 0 Å². The molecule has 0 amide bonds. The summed E-state index contributed by atoms with van der Waals surface area (Å²) in [5.74, 6) is 0. The van der Waals surface area contributed by atoms with Crippen LogP contribution in [0.25, 0.3) is 0 Å². The molecule has 3 heteroatoms. The summed E-state index contributed by atoms with van der Waals surface area (Å²) < 4.78 is 2.20. The number of nitrogens with one attached hydrogen (secondary N) is 1. The van der Waals surface area contributed by atoms with E-state index in [1.807, 2.05) is 7.05 Å². The van der Waals surface area contributed by atoms with Crippen molar-refractivity contribution < 1.29 is 0 Å². The molecule has 0 fully saturated rings. The Morgan fingerprint density at radius 3 is 2.11 bits per heavy atom. The van der Waals surface area contributed by atoms with Crippen LogP contribution < -0.4 is 5.32 Å². The molecule has 1 unspecified atom stereocenters. The zero-order valence-electron chi connectivity index (χ0n) is 11.1. The molecule has 0 aliphatic rings. The highest BCUT2D eigenvalue weighted by Gasteiger charge is 2.11. The van der Waals surface area contributed by atoms with Gasteiger partial charge in [-0.3, -0.25) is 0 Å². The highest BCUT2D eigenvalue weighted by Crippen LogP contribution is 2.26. The SMILES string of the molecule is CNC(Cc1ccc(C)cc1)c1cc(Br)cc(Br)c1. The van der Waals surface area contributed by atoms with Crippen LogP contribution in [-0.4, -0.2) is 7.05 Å². The monoisotopic (exact) mass is 381 g/mol. The number of aryl methyl sites for hydroxylation is 1. The minimum atomic E-state index is 0.316. The number of benzene rings is 2. The highest BCUT2D eigenvalue weighted by atomic mass is 79.9. The van der Waals surface area contributed by atoms with Crippen molar-refractivity contribution in [3.05, 3.63) is 68.1 Å². The van der Waals surface area contributed by atoms with Crippen molar-refractivity contribution in [2.24, 2.45) is 0 Å². The molecule has 0 saturated carbocycles. The first-order chi connectivity index (χ1) is 9.08. The first kappa shape index (κ1) is 14.8. The molecule has 100 valence electrons. The van der Waals surface area contributed by atoms with Crippen LogP contribution in [-0.2, 0) is 6.42 Å². The summed E-state index contributed by atoms with van der Waals surface area (Å²) in [5, 5.41) is 3.39. The van der Waals surface area contributed by atoms with E-state index < -0.39 is 0 Å². The smallest absolute Gasteiger partial charge is 0.0359 e. The van der Waals surface area contributed by atoms with E-state index in [4.69, 9.17) is 0 Å². The number of hydrogen-bond acceptors (Lipinski definition) is 1. The fourth-order valence-electron chi connectivity index (χ4n) is 2.12. The lowest BCUT2D eigenvalue weighted by molar-refractivity contribution is 0.591. The number of rotatable bonds is 4. The second kappa shape index (κ2) is 6.69. The topological polar surface area (TPSA) is 12.0 Å². The molecule has 2 aromatic carbocycles. The van der Waals surface area contributed by atoms with Gasteiger partial charge in [0.2, 0.25) is 0 Å². The summed E-state index contributed by atoms with van der Waals surface area (Å²) >= 11 is 7.10. The summed E-state index contributed by atoms with van der Waals surface area (Å²) in [5.41, 5.74) is 3.93. The molecule has 0 saturated heterocycles. The standard InChI is InChI=1S/C16H17Br2N/c1-11-3-5-12(6-4-11)7-16(19-2)13-8-14(17)10-15(18)9-13/h3-6,8-10,16,19H,7H2,1-2H3. The van der Waals surface area contributed by atoms with E-state index in [0.29, 0.717) is 6.04 Å². The molecular formula is C16H17Br2N. The lowest BCUT2D eigenvalue weighted by Crippen LogP contribution is -2.18. The molecule has 0 aromatic heterocycles. The summed E-state index contributed by atoms with van der Waals surface area (Å²) in [6, 6.07) is 15.4. The zero-order chi connectivity index (χ0) is 13.8. The van der Waals surface area contributed by atoms with Gasteiger partial charge in [0.1, 0.15) is 0 Å². The number of likely N-dealkylation sites (N-methyl/N-ethyl adjacent to an activating group) is 1. The van der Waals surface area contributed by atoms with Gasteiger partial charge in [-0.05, 0) is 49.7 Å². The van der Waals surface area contributed by atoms with Gasteiger partial charge in [-0.25, -0.2) is 0 Å². The second-order valence-electron chi connectivity index (χ2n) is 4.73. The third-order valence-corrected chi connectivity index (χ3v) is 4.11. The molecule has 0 aliphatic heterocycles. The van der Waals surface area contributed by atoms with E-state index in [9.17, 15) is 0 Å². The van der Waals surface area contributed by atoms with Crippen molar-refractivity contribution in [3.8, 4) is 0 Å². The van der Waals surface area contributed by atoms with Gasteiger partial charge in [0.15, 0.2) is 0 Å². The molecule has 2 rings (SSSR count). The Kier molecular flexibility index (Phi) is 5.20. The van der Waals surface area contributed by atoms with Crippen molar-refractivity contribution >= 4 is 31.9 Å². The molecule has 0 aliphatic carbocycles. The van der Waals surface area contributed by atoms with Gasteiger partial charge in [-0.2, -0.15) is 0 Å². The van der Waals surface area contributed by atoms with Crippen LogP contribution in [0.2, 0.25) is 0 Å². The van der Waals surface area contributed by atoms with E-state index in [-0.39, 0.29) is 0 Å². The van der Waals surface area contributed by atoms with Gasteiger partial charge in [0.05, 0.1) is 0 Å². The fraction of sp³-hybridized carbons (Fsp3) is 0.250. The molecule has 1 atom stereocenters. The maximum Gasteiger partial charge on any atom is 0.0359 e. The zero-order valence-corrected chi connectivity index (χ0v) is 14.3. The lowest BCUT2D eigenvalue weighted by Gasteiger charge is -2.18. The predicted octanol–water partition coefficient (Wildman–Crippen LogP) is 5.02. The fourth-order valence-corrected chi connectivity index (χ4v) is 3.45. The molecule has 1 nitrogen and oxygen atoms in total. The molecule has 0 radical (unpaired) electrons. The summed E-state index contributed by atoms with van der Waals surface area (Å²) in [4.78, 5) is 0. The van der Waals surface area contributed by atoms with Crippen molar-refractivity contribution in [1.82, 2.24) is 5.32 Å². The average Bonchev–Trinajstić information content (AvgIpc) is 2.37. The van der Waals surface area contributed by atoms with Gasteiger partial charge in [0, 0.05) is 15.0 Å². The van der Waals surface area contributed by atoms with Gasteiger partial charge < -0.3 is 5.32 Å². The van der Waals surface area contributed by atoms with Crippen molar-refractivity contribution in [2.75, 3.05) is 7.05 Å². The molecule has 0 spiro atoms. The van der Waals surface area contributed by atoms with Gasteiger partial charge in [0.25, 0.3) is 0 Å². The van der Waals surface area contributed by atoms with Crippen molar-refractivity contribution in [3.63, 3.8) is 0 Å². The largest absolute Gasteiger partial charge is 0.313 e. The minimum absolute atomic E-state index is 0.316. The van der Waals surface area contributed by atoms with Crippen LogP contribution in [0.15, 0.2) is 51.4 Å². The molecule has 0 heterocycles. The first-order valence-corrected chi connectivity index (χ1v) is 7.86. The van der Waals surface area contributed by atoms with Crippen LogP contribution in [0.5, 0.6) is 0 Å². The van der Waals surface area contributed by atoms with Crippen LogP contribution in [0, 0.1) is 6.92 Å². The third-order valence-electron chi connectivity index (χ3n) is 3.20. The van der Waals surface area contributed by atoms with Crippen LogP contribution in [0.3, 0.4) is 0 Å². The molecule has 2 aromatic rings. The number of halogens is 2. The molecular weight excluding hydrogens is 366 g/mol. The Morgan fingerprint density at radius 1 is 1.00 bits per heavy atom. The second-order valence-corrected chi connectivity index (χ2v) is 6.57. The Bertz CT molecular complexity index is 529. The third kappa shape index (κ3) is 4.16. The Labute approximate surface area is 131 Å². The Hall–Kier alpha value is -0.640. The number of hydrogen-bond donors (Lipinski definition) is 1. The van der Waals surface area contributed by atoms with E-state index >= 15 is 0 Å². The predicted molar refractivity (Wildman–Crippen MR) is 88.5 cm³/mol. The summed E-state index contributed by atoms with van der Waals surface area (Å²) in [7, 11) is 2.01. The molecule has 0 bridgehead atoms. The van der Waals surface area contributed by atoms with Gasteiger partial charge >= 0.3 is 0 Å². The van der Waals surface area contributed by atoms with Crippen LogP contribution >= 0.6 is 31.9 Å². The van der Waals surface area contributed by atoms with Crippen molar-refractivity contribution in [2.45, 2.75) is 19.4 Å². The van der Waals surface area contributed by atoms with Crippen molar-refractivity contribution in [1.29, 1.82) is 0 Å². The normalized spacial score (nSPS) is 12.4. The maximum atomic E-state index is 3.55. The van der Waals surface area contributed by atoms with Gasteiger partial charge in [-0.15, -0.1) is 0 Å². The van der Waals surface area contributed by atoms with Crippen LogP contribution in [0.4, 0.5) is 0 Å². The highest BCUT2D eigenvalue weighted by molar-refractivity contribution is 9.11. The van der Waals surface area contributed by atoms with E-state index in [2.05, 4.69) is 86.6 Å². The Balaban J connectivity index is 2.22. The van der Waals surface area contributed by atoms with Gasteiger partial charge in [-0.1, -0.05) is 61.7 Å². The summed E-state index contributed by atoms with van der Waals surface area (Å²) in [6.45, 7) is 2.12. The quantitative estimate of drug-likeness (QED) is 0.782.